The van der Waals surface area contributed by atoms with Gasteiger partial charge in [0.2, 0.25) is 0 Å². The van der Waals surface area contributed by atoms with Crippen LogP contribution in [0.5, 0.6) is 0 Å². The van der Waals surface area contributed by atoms with Gasteiger partial charge in [-0.15, -0.1) is 0 Å². The SMILES string of the molecule is CO[C@H](C)[C@H](O)P(=O)(O)O. The van der Waals surface area contributed by atoms with Crippen LogP contribution in [0, 0.1) is 0 Å². The fourth-order valence-corrected chi connectivity index (χ4v) is 1.06. The van der Waals surface area contributed by atoms with Crippen molar-refractivity contribution in [2.45, 2.75) is 18.9 Å². The molecule has 0 rings (SSSR count). The maximum Gasteiger partial charge on any atom is 0.356 e. The van der Waals surface area contributed by atoms with E-state index < -0.39 is 19.5 Å². The summed E-state index contributed by atoms with van der Waals surface area (Å²) in [5.74, 6) is -1.72. The van der Waals surface area contributed by atoms with Gasteiger partial charge in [0.25, 0.3) is 0 Å². The molecule has 0 amide bonds. The first-order chi connectivity index (χ1) is 4.39. The van der Waals surface area contributed by atoms with Crippen LogP contribution in [0.3, 0.4) is 0 Å². The molecule has 0 bridgehead atoms. The molecule has 0 unspecified atom stereocenters. The smallest absolute Gasteiger partial charge is 0.356 e. The van der Waals surface area contributed by atoms with Crippen LogP contribution in [0.15, 0.2) is 0 Å². The van der Waals surface area contributed by atoms with E-state index in [0.29, 0.717) is 0 Å². The van der Waals surface area contributed by atoms with Crippen molar-refractivity contribution in [3.63, 3.8) is 0 Å². The number of rotatable bonds is 3. The molecule has 10 heavy (non-hydrogen) atoms. The predicted molar refractivity (Wildman–Crippen MR) is 34.5 cm³/mol. The Morgan fingerprint density at radius 1 is 1.50 bits per heavy atom. The van der Waals surface area contributed by atoms with Gasteiger partial charge >= 0.3 is 7.60 Å². The largest absolute Gasteiger partial charge is 0.378 e. The van der Waals surface area contributed by atoms with Crippen LogP contribution in [0.4, 0.5) is 0 Å². The van der Waals surface area contributed by atoms with Crippen molar-refractivity contribution in [2.24, 2.45) is 0 Å². The van der Waals surface area contributed by atoms with Gasteiger partial charge in [0.1, 0.15) is 0 Å². The van der Waals surface area contributed by atoms with Crippen LogP contribution >= 0.6 is 7.60 Å². The summed E-state index contributed by atoms with van der Waals surface area (Å²) >= 11 is 0. The van der Waals surface area contributed by atoms with Crippen molar-refractivity contribution in [3.8, 4) is 0 Å². The lowest BCUT2D eigenvalue weighted by Gasteiger charge is -2.17. The molecule has 2 atom stereocenters. The molecule has 0 saturated heterocycles. The van der Waals surface area contributed by atoms with Gasteiger partial charge < -0.3 is 19.6 Å². The monoisotopic (exact) mass is 170 g/mol. The summed E-state index contributed by atoms with van der Waals surface area (Å²) in [5.41, 5.74) is 0. The Labute approximate surface area is 58.8 Å². The van der Waals surface area contributed by atoms with Crippen LogP contribution in [-0.2, 0) is 9.30 Å². The topological polar surface area (TPSA) is 87.0 Å². The van der Waals surface area contributed by atoms with Gasteiger partial charge in [-0.25, -0.2) is 0 Å². The maximum atomic E-state index is 10.3. The van der Waals surface area contributed by atoms with Crippen LogP contribution < -0.4 is 0 Å². The van der Waals surface area contributed by atoms with Gasteiger partial charge in [0.15, 0.2) is 5.85 Å². The van der Waals surface area contributed by atoms with Crippen LogP contribution in [0.2, 0.25) is 0 Å². The summed E-state index contributed by atoms with van der Waals surface area (Å²) in [5, 5.41) is 8.77. The minimum Gasteiger partial charge on any atom is -0.378 e. The van der Waals surface area contributed by atoms with Crippen molar-refractivity contribution in [2.75, 3.05) is 7.11 Å². The fourth-order valence-electron chi connectivity index (χ4n) is 0.395. The first-order valence-corrected chi connectivity index (χ1v) is 4.34. The fraction of sp³-hybridized carbons (Fsp3) is 1.00. The molecule has 0 aliphatic carbocycles. The molecule has 0 radical (unpaired) electrons. The third kappa shape index (κ3) is 2.77. The van der Waals surface area contributed by atoms with Crippen molar-refractivity contribution >= 4 is 7.60 Å². The van der Waals surface area contributed by atoms with E-state index >= 15 is 0 Å². The predicted octanol–water partition coefficient (Wildman–Crippen LogP) is -0.483. The first-order valence-electron chi connectivity index (χ1n) is 2.65. The number of methoxy groups -OCH3 is 1. The summed E-state index contributed by atoms with van der Waals surface area (Å²) < 4.78 is 14.8. The lowest BCUT2D eigenvalue weighted by molar-refractivity contribution is 0.0279. The molecule has 5 nitrogen and oxygen atoms in total. The van der Waals surface area contributed by atoms with Crippen molar-refractivity contribution in [1.29, 1.82) is 0 Å². The number of hydrogen-bond acceptors (Lipinski definition) is 3. The number of ether oxygens (including phenoxy) is 1. The van der Waals surface area contributed by atoms with Crippen molar-refractivity contribution in [3.05, 3.63) is 0 Å². The molecule has 0 aromatic carbocycles. The quantitative estimate of drug-likeness (QED) is 0.498. The minimum atomic E-state index is -4.40. The standard InChI is InChI=1S/C4H11O5P/c1-3(9-2)4(5)10(6,7)8/h3-5H,1-2H3,(H2,6,7,8)/t3-,4-/m1/s1. The first kappa shape index (κ1) is 10.1. The highest BCUT2D eigenvalue weighted by atomic mass is 31.2. The third-order valence-electron chi connectivity index (χ3n) is 1.14. The van der Waals surface area contributed by atoms with Gasteiger partial charge in [-0.3, -0.25) is 4.57 Å². The van der Waals surface area contributed by atoms with Gasteiger partial charge in [-0.2, -0.15) is 0 Å². The van der Waals surface area contributed by atoms with E-state index in [1.54, 1.807) is 0 Å². The summed E-state index contributed by atoms with van der Waals surface area (Å²) in [6, 6.07) is 0. The Kier molecular flexibility index (Phi) is 3.48. The number of hydrogen-bond donors (Lipinski definition) is 3. The Hall–Kier alpha value is 0.0700. The maximum absolute atomic E-state index is 10.3. The van der Waals surface area contributed by atoms with Crippen LogP contribution in [0.1, 0.15) is 6.92 Å². The molecular weight excluding hydrogens is 159 g/mol. The van der Waals surface area contributed by atoms with Gasteiger partial charge in [0, 0.05) is 7.11 Å². The van der Waals surface area contributed by atoms with E-state index in [1.165, 1.54) is 14.0 Å². The molecule has 6 heteroatoms. The third-order valence-corrected chi connectivity index (χ3v) is 2.25. The second-order valence-corrected chi connectivity index (χ2v) is 3.65. The molecule has 0 aliphatic rings. The average Bonchev–Trinajstić information content (AvgIpc) is 1.83. The molecule has 0 fully saturated rings. The highest BCUT2D eigenvalue weighted by molar-refractivity contribution is 7.52. The Morgan fingerprint density at radius 3 is 2.00 bits per heavy atom. The highest BCUT2D eigenvalue weighted by Gasteiger charge is 2.31. The van der Waals surface area contributed by atoms with E-state index in [1.807, 2.05) is 0 Å². The zero-order chi connectivity index (χ0) is 8.36. The zero-order valence-electron chi connectivity index (χ0n) is 5.76. The van der Waals surface area contributed by atoms with Gasteiger partial charge in [-0.05, 0) is 6.92 Å². The average molecular weight is 170 g/mol. The van der Waals surface area contributed by atoms with E-state index in [0.717, 1.165) is 0 Å². The van der Waals surface area contributed by atoms with Crippen molar-refractivity contribution in [1.82, 2.24) is 0 Å². The molecule has 3 N–H and O–H groups in total. The summed E-state index contributed by atoms with van der Waals surface area (Å²) in [4.78, 5) is 16.7. The summed E-state index contributed by atoms with van der Waals surface area (Å²) in [6.45, 7) is 1.38. The van der Waals surface area contributed by atoms with E-state index in [9.17, 15) is 4.57 Å². The molecule has 62 valence electrons. The highest BCUT2D eigenvalue weighted by Crippen LogP contribution is 2.41. The Bertz CT molecular complexity index is 141. The van der Waals surface area contributed by atoms with E-state index in [2.05, 4.69) is 4.74 Å². The van der Waals surface area contributed by atoms with Gasteiger partial charge in [-0.1, -0.05) is 0 Å². The zero-order valence-corrected chi connectivity index (χ0v) is 6.65. The molecule has 0 saturated carbocycles. The van der Waals surface area contributed by atoms with Crippen molar-refractivity contribution < 1.29 is 24.2 Å². The lowest BCUT2D eigenvalue weighted by Crippen LogP contribution is -2.24. The molecule has 0 aromatic rings. The molecular formula is C4H11O5P. The number of aliphatic hydroxyl groups excluding tert-OH is 1. The van der Waals surface area contributed by atoms with Crippen LogP contribution in [-0.4, -0.2) is 34.0 Å². The number of aliphatic hydroxyl groups is 1. The summed E-state index contributed by atoms with van der Waals surface area (Å²) in [6.07, 6.45) is -0.846. The minimum absolute atomic E-state index is 0.846. The van der Waals surface area contributed by atoms with Gasteiger partial charge in [0.05, 0.1) is 6.10 Å². The molecule has 0 heterocycles. The Balaban J connectivity index is 4.08. The lowest BCUT2D eigenvalue weighted by atomic mass is 10.4. The van der Waals surface area contributed by atoms with E-state index in [-0.39, 0.29) is 0 Å². The molecule has 0 spiro atoms. The normalized spacial score (nSPS) is 18.5. The summed E-state index contributed by atoms with van der Waals surface area (Å²) in [7, 11) is -3.13. The van der Waals surface area contributed by atoms with E-state index in [4.69, 9.17) is 14.9 Å². The Morgan fingerprint density at radius 2 is 1.90 bits per heavy atom. The van der Waals surface area contributed by atoms with Crippen LogP contribution in [0.25, 0.3) is 0 Å². The second kappa shape index (κ2) is 3.46. The second-order valence-electron chi connectivity index (χ2n) is 1.94. The molecule has 0 aromatic heterocycles. The molecule has 0 aliphatic heterocycles.